The Labute approximate surface area is 198 Å². The molecule has 0 heterocycles. The van der Waals surface area contributed by atoms with Crippen LogP contribution in [0.5, 0.6) is 11.5 Å². The molecule has 0 saturated carbocycles. The highest BCUT2D eigenvalue weighted by Gasteiger charge is 2.13. The van der Waals surface area contributed by atoms with E-state index in [-0.39, 0.29) is 0 Å². The van der Waals surface area contributed by atoms with E-state index in [0.717, 1.165) is 20.1 Å². The summed E-state index contributed by atoms with van der Waals surface area (Å²) < 4.78 is 13.6. The van der Waals surface area contributed by atoms with Crippen molar-refractivity contribution in [2.75, 3.05) is 6.61 Å². The van der Waals surface area contributed by atoms with Crippen LogP contribution in [0.3, 0.4) is 0 Å². The number of benzene rings is 3. The zero-order valence-corrected chi connectivity index (χ0v) is 19.9. The lowest BCUT2D eigenvalue weighted by molar-refractivity contribution is 0.267. The molecule has 3 aromatic rings. The van der Waals surface area contributed by atoms with Gasteiger partial charge in [0.1, 0.15) is 6.61 Å². The topological polar surface area (TPSA) is 66.0 Å². The molecule has 0 saturated heterocycles. The fourth-order valence-electron chi connectivity index (χ4n) is 2.91. The molecule has 0 fully saturated rings. The van der Waals surface area contributed by atoms with Gasteiger partial charge in [-0.15, -0.1) is 0 Å². The van der Waals surface area contributed by atoms with Crippen molar-refractivity contribution < 1.29 is 9.47 Å². The highest BCUT2D eigenvalue weighted by molar-refractivity contribution is 9.10. The molecule has 0 aliphatic rings. The summed E-state index contributed by atoms with van der Waals surface area (Å²) in [7, 11) is 0. The number of halogens is 2. The number of ether oxygens (including phenoxy) is 2. The van der Waals surface area contributed by atoms with Crippen LogP contribution in [0.4, 0.5) is 0 Å². The predicted octanol–water partition coefficient (Wildman–Crippen LogP) is 7.13. The number of hydrogen-bond donors (Lipinski definition) is 0. The minimum absolute atomic E-state index is 0.394. The normalized spacial score (nSPS) is 10.8. The number of rotatable bonds is 7. The van der Waals surface area contributed by atoms with Gasteiger partial charge < -0.3 is 9.47 Å². The van der Waals surface area contributed by atoms with Crippen molar-refractivity contribution in [1.82, 2.24) is 0 Å². The second kappa shape index (κ2) is 10.8. The van der Waals surface area contributed by atoms with Gasteiger partial charge in [0.15, 0.2) is 11.5 Å². The summed E-state index contributed by atoms with van der Waals surface area (Å²) >= 11 is 7.01. The Balaban J connectivity index is 1.93. The van der Waals surface area contributed by atoms with Crippen LogP contribution in [0.1, 0.15) is 29.2 Å². The molecule has 0 N–H and O–H groups in total. The minimum Gasteiger partial charge on any atom is -0.490 e. The van der Waals surface area contributed by atoms with Crippen molar-refractivity contribution in [1.29, 1.82) is 10.5 Å². The third-order valence-electron chi connectivity index (χ3n) is 4.36. The molecule has 0 aliphatic heterocycles. The fraction of sp³-hybridized carbons (Fsp3) is 0.120. The van der Waals surface area contributed by atoms with Crippen LogP contribution in [0.2, 0.25) is 0 Å². The second-order valence-electron chi connectivity index (χ2n) is 6.54. The molecule has 154 valence electrons. The summed E-state index contributed by atoms with van der Waals surface area (Å²) in [5.41, 5.74) is 3.46. The molecular formula is C25H18Br2N2O2. The number of nitriles is 2. The molecule has 0 bridgehead atoms. The summed E-state index contributed by atoms with van der Waals surface area (Å²) in [6.45, 7) is 2.78. The molecule has 0 spiro atoms. The van der Waals surface area contributed by atoms with Gasteiger partial charge in [0.2, 0.25) is 0 Å². The highest BCUT2D eigenvalue weighted by Crippen LogP contribution is 2.38. The van der Waals surface area contributed by atoms with E-state index in [4.69, 9.17) is 14.7 Å². The highest BCUT2D eigenvalue weighted by atomic mass is 79.9. The smallest absolute Gasteiger partial charge is 0.175 e. The van der Waals surface area contributed by atoms with Crippen LogP contribution >= 0.6 is 31.9 Å². The third-order valence-corrected chi connectivity index (χ3v) is 5.48. The summed E-state index contributed by atoms with van der Waals surface area (Å²) in [5.74, 6) is 1.19. The van der Waals surface area contributed by atoms with Crippen LogP contribution in [0.15, 0.2) is 69.6 Å². The first kappa shape index (κ1) is 22.6. The quantitative estimate of drug-likeness (QED) is 0.237. The summed E-state index contributed by atoms with van der Waals surface area (Å²) in [6, 6.07) is 22.9. The van der Waals surface area contributed by atoms with Crippen molar-refractivity contribution in [3.63, 3.8) is 0 Å². The van der Waals surface area contributed by atoms with Crippen LogP contribution < -0.4 is 9.47 Å². The van der Waals surface area contributed by atoms with Gasteiger partial charge in [-0.05, 0) is 82.0 Å². The SMILES string of the molecule is CCOc1cc(/C=C(/C#N)c2cccc(C#N)c2)cc(Br)c1OCc1ccc(Br)cc1. The van der Waals surface area contributed by atoms with Crippen LogP contribution in [-0.2, 0) is 6.61 Å². The lowest BCUT2D eigenvalue weighted by atomic mass is 10.0. The average Bonchev–Trinajstić information content (AvgIpc) is 2.78. The molecule has 6 heteroatoms. The Bertz CT molecular complexity index is 1190. The molecule has 4 nitrogen and oxygen atoms in total. The second-order valence-corrected chi connectivity index (χ2v) is 8.31. The minimum atomic E-state index is 0.394. The van der Waals surface area contributed by atoms with Crippen molar-refractivity contribution >= 4 is 43.5 Å². The van der Waals surface area contributed by atoms with Gasteiger partial charge in [-0.2, -0.15) is 10.5 Å². The summed E-state index contributed by atoms with van der Waals surface area (Å²) in [4.78, 5) is 0. The Morgan fingerprint density at radius 2 is 1.77 bits per heavy atom. The first-order valence-corrected chi connectivity index (χ1v) is 11.1. The van der Waals surface area contributed by atoms with E-state index >= 15 is 0 Å². The van der Waals surface area contributed by atoms with Crippen LogP contribution in [0.25, 0.3) is 11.6 Å². The van der Waals surface area contributed by atoms with Gasteiger partial charge in [0, 0.05) is 4.47 Å². The van der Waals surface area contributed by atoms with Crippen molar-refractivity contribution in [3.8, 4) is 23.6 Å². The molecule has 0 aliphatic carbocycles. The van der Waals surface area contributed by atoms with Crippen molar-refractivity contribution in [3.05, 3.63) is 91.9 Å². The van der Waals surface area contributed by atoms with Gasteiger partial charge in [-0.25, -0.2) is 0 Å². The molecule has 31 heavy (non-hydrogen) atoms. The van der Waals surface area contributed by atoms with E-state index in [1.54, 1.807) is 24.3 Å². The zero-order chi connectivity index (χ0) is 22.2. The Hall–Kier alpha value is -3.06. The van der Waals surface area contributed by atoms with E-state index < -0.39 is 0 Å². The fourth-order valence-corrected chi connectivity index (χ4v) is 3.75. The van der Waals surface area contributed by atoms with E-state index in [1.165, 1.54) is 0 Å². The first-order valence-electron chi connectivity index (χ1n) is 9.50. The molecule has 0 unspecified atom stereocenters. The predicted molar refractivity (Wildman–Crippen MR) is 128 cm³/mol. The number of allylic oxidation sites excluding steroid dienone is 1. The third kappa shape index (κ3) is 5.98. The Morgan fingerprint density at radius 3 is 2.45 bits per heavy atom. The Kier molecular flexibility index (Phi) is 7.89. The van der Waals surface area contributed by atoms with Crippen LogP contribution in [-0.4, -0.2) is 6.61 Å². The monoisotopic (exact) mass is 536 g/mol. The maximum atomic E-state index is 9.66. The van der Waals surface area contributed by atoms with E-state index in [1.807, 2.05) is 49.4 Å². The molecule has 0 amide bonds. The molecule has 0 aromatic heterocycles. The molecule has 0 radical (unpaired) electrons. The lowest BCUT2D eigenvalue weighted by Crippen LogP contribution is -2.01. The van der Waals surface area contributed by atoms with E-state index in [0.29, 0.717) is 41.4 Å². The average molecular weight is 538 g/mol. The van der Waals surface area contributed by atoms with E-state index in [2.05, 4.69) is 44.0 Å². The largest absolute Gasteiger partial charge is 0.490 e. The Morgan fingerprint density at radius 1 is 1.00 bits per heavy atom. The summed E-state index contributed by atoms with van der Waals surface area (Å²) in [5, 5.41) is 18.8. The number of nitrogens with zero attached hydrogens (tertiary/aromatic N) is 2. The summed E-state index contributed by atoms with van der Waals surface area (Å²) in [6.07, 6.45) is 1.77. The maximum absolute atomic E-state index is 9.66. The molecular weight excluding hydrogens is 520 g/mol. The molecule has 0 atom stereocenters. The van der Waals surface area contributed by atoms with Gasteiger partial charge in [-0.3, -0.25) is 0 Å². The van der Waals surface area contributed by atoms with Gasteiger partial charge >= 0.3 is 0 Å². The molecule has 3 aromatic carbocycles. The first-order chi connectivity index (χ1) is 15.0. The van der Waals surface area contributed by atoms with Gasteiger partial charge in [0.25, 0.3) is 0 Å². The van der Waals surface area contributed by atoms with Gasteiger partial charge in [0.05, 0.1) is 34.4 Å². The van der Waals surface area contributed by atoms with Crippen molar-refractivity contribution in [2.24, 2.45) is 0 Å². The number of hydrogen-bond acceptors (Lipinski definition) is 4. The van der Waals surface area contributed by atoms with Crippen LogP contribution in [0, 0.1) is 22.7 Å². The van der Waals surface area contributed by atoms with E-state index in [9.17, 15) is 5.26 Å². The molecule has 3 rings (SSSR count). The van der Waals surface area contributed by atoms with Crippen molar-refractivity contribution in [2.45, 2.75) is 13.5 Å². The van der Waals surface area contributed by atoms with Gasteiger partial charge in [-0.1, -0.05) is 40.2 Å². The standard InChI is InChI=1S/C25H18Br2N2O2/c1-2-30-24-13-19(11-21(15-29)20-5-3-4-18(10-20)14-28)12-23(27)25(24)31-16-17-6-8-22(26)9-7-17/h3-13H,2,16H2,1H3/b21-11-. The maximum Gasteiger partial charge on any atom is 0.175 e. The lowest BCUT2D eigenvalue weighted by Gasteiger charge is -2.15. The zero-order valence-electron chi connectivity index (χ0n) is 16.7.